The number of benzene rings is 1. The van der Waals surface area contributed by atoms with Gasteiger partial charge < -0.3 is 0 Å². The highest BCUT2D eigenvalue weighted by molar-refractivity contribution is 8.03. The van der Waals surface area contributed by atoms with Crippen molar-refractivity contribution in [3.8, 4) is 0 Å². The van der Waals surface area contributed by atoms with Crippen molar-refractivity contribution in [1.82, 2.24) is 10.2 Å². The van der Waals surface area contributed by atoms with Crippen molar-refractivity contribution in [2.75, 3.05) is 11.5 Å². The van der Waals surface area contributed by atoms with Crippen LogP contribution in [0.3, 0.4) is 0 Å². The van der Waals surface area contributed by atoms with Gasteiger partial charge in [-0.2, -0.15) is 0 Å². The summed E-state index contributed by atoms with van der Waals surface area (Å²) in [4.78, 5) is 0. The molecule has 0 aliphatic rings. The molecule has 0 bridgehead atoms. The Morgan fingerprint density at radius 2 is 1.83 bits per heavy atom. The molecule has 1 heterocycles. The topological polar surface area (TPSA) is 25.8 Å². The van der Waals surface area contributed by atoms with E-state index in [0.29, 0.717) is 0 Å². The van der Waals surface area contributed by atoms with Crippen molar-refractivity contribution in [2.24, 2.45) is 0 Å². The summed E-state index contributed by atoms with van der Waals surface area (Å²) in [6, 6.07) is 10.3. The number of hydrogen-bond donors (Lipinski definition) is 0. The van der Waals surface area contributed by atoms with E-state index in [1.807, 2.05) is 18.2 Å². The molecule has 0 N–H and O–H groups in total. The molecule has 0 fully saturated rings. The van der Waals surface area contributed by atoms with E-state index in [9.17, 15) is 0 Å². The first-order chi connectivity index (χ1) is 8.88. The fourth-order valence-electron chi connectivity index (χ4n) is 1.31. The lowest BCUT2D eigenvalue weighted by atomic mass is 10.2. The van der Waals surface area contributed by atoms with Crippen LogP contribution in [0.25, 0.3) is 6.08 Å². The second-order valence-corrected chi connectivity index (χ2v) is 7.15. The predicted octanol–water partition coefficient (Wildman–Crippen LogP) is 4.46. The molecule has 0 spiro atoms. The molecule has 1 aromatic carbocycles. The van der Waals surface area contributed by atoms with Gasteiger partial charge in [-0.3, -0.25) is 0 Å². The third kappa shape index (κ3) is 4.48. The van der Waals surface area contributed by atoms with Crippen LogP contribution in [0.1, 0.15) is 12.5 Å². The normalized spacial score (nSPS) is 11.2. The molecule has 2 aromatic rings. The highest BCUT2D eigenvalue weighted by atomic mass is 32.2. The lowest BCUT2D eigenvalue weighted by molar-refractivity contribution is 0.955. The van der Waals surface area contributed by atoms with Crippen LogP contribution >= 0.6 is 34.9 Å². The van der Waals surface area contributed by atoms with Crippen LogP contribution in [0, 0.1) is 0 Å². The summed E-state index contributed by atoms with van der Waals surface area (Å²) in [6.45, 7) is 2.13. The molecule has 0 aliphatic carbocycles. The Morgan fingerprint density at radius 3 is 2.56 bits per heavy atom. The molecular formula is C13H14N2S3. The Labute approximate surface area is 120 Å². The predicted molar refractivity (Wildman–Crippen MR) is 82.5 cm³/mol. The summed E-state index contributed by atoms with van der Waals surface area (Å²) < 4.78 is 2.11. The number of nitrogens with zero attached hydrogens (tertiary/aromatic N) is 2. The lowest BCUT2D eigenvalue weighted by Gasteiger charge is -1.91. The van der Waals surface area contributed by atoms with Gasteiger partial charge in [0.05, 0.1) is 0 Å². The third-order valence-corrected chi connectivity index (χ3v) is 5.09. The van der Waals surface area contributed by atoms with E-state index in [2.05, 4.69) is 41.4 Å². The largest absolute Gasteiger partial charge is 0.175 e. The average Bonchev–Trinajstić information content (AvgIpc) is 2.84. The van der Waals surface area contributed by atoms with Crippen LogP contribution in [0.5, 0.6) is 0 Å². The van der Waals surface area contributed by atoms with Gasteiger partial charge in [0.25, 0.3) is 0 Å². The first-order valence-corrected chi connectivity index (χ1v) is 8.48. The van der Waals surface area contributed by atoms with Crippen LogP contribution in [-0.4, -0.2) is 21.7 Å². The maximum Gasteiger partial charge on any atom is 0.175 e. The number of aromatic nitrogens is 2. The first-order valence-electron chi connectivity index (χ1n) is 5.69. The molecule has 2 nitrogen and oxygen atoms in total. The van der Waals surface area contributed by atoms with Gasteiger partial charge >= 0.3 is 0 Å². The van der Waals surface area contributed by atoms with Gasteiger partial charge in [0.15, 0.2) is 8.68 Å². The molecule has 0 atom stereocenters. The molecule has 0 radical (unpaired) electrons. The summed E-state index contributed by atoms with van der Waals surface area (Å²) >= 11 is 5.15. The minimum atomic E-state index is 0.931. The molecule has 2 rings (SSSR count). The zero-order valence-electron chi connectivity index (χ0n) is 10.1. The summed E-state index contributed by atoms with van der Waals surface area (Å²) in [6.07, 6.45) is 4.30. The monoisotopic (exact) mass is 294 g/mol. The Balaban J connectivity index is 1.79. The Bertz CT molecular complexity index is 494. The van der Waals surface area contributed by atoms with Gasteiger partial charge in [-0.05, 0) is 11.3 Å². The van der Waals surface area contributed by atoms with Crippen LogP contribution in [0.2, 0.25) is 0 Å². The zero-order chi connectivity index (χ0) is 12.6. The van der Waals surface area contributed by atoms with Gasteiger partial charge in [0.2, 0.25) is 0 Å². The van der Waals surface area contributed by atoms with Crippen molar-refractivity contribution < 1.29 is 0 Å². The molecule has 5 heteroatoms. The van der Waals surface area contributed by atoms with E-state index in [4.69, 9.17) is 0 Å². The molecule has 0 saturated carbocycles. The summed E-state index contributed by atoms with van der Waals surface area (Å²) in [7, 11) is 0. The number of thioether (sulfide) groups is 2. The van der Waals surface area contributed by atoms with Crippen molar-refractivity contribution in [3.05, 3.63) is 42.0 Å². The molecular weight excluding hydrogens is 280 g/mol. The molecule has 1 aromatic heterocycles. The van der Waals surface area contributed by atoms with E-state index in [0.717, 1.165) is 20.2 Å². The third-order valence-electron chi connectivity index (χ3n) is 2.07. The molecule has 94 valence electrons. The lowest BCUT2D eigenvalue weighted by Crippen LogP contribution is -1.74. The second kappa shape index (κ2) is 7.61. The van der Waals surface area contributed by atoms with Gasteiger partial charge in [-0.1, -0.05) is 84.3 Å². The molecule has 0 unspecified atom stereocenters. The zero-order valence-corrected chi connectivity index (χ0v) is 12.5. The van der Waals surface area contributed by atoms with Crippen LogP contribution in [-0.2, 0) is 0 Å². The first kappa shape index (κ1) is 13.6. The van der Waals surface area contributed by atoms with Gasteiger partial charge in [-0.25, -0.2) is 0 Å². The maximum atomic E-state index is 4.16. The summed E-state index contributed by atoms with van der Waals surface area (Å²) in [5.41, 5.74) is 1.23. The Kier molecular flexibility index (Phi) is 5.77. The molecule has 0 aliphatic heterocycles. The fourth-order valence-corrected chi connectivity index (χ4v) is 4.06. The van der Waals surface area contributed by atoms with E-state index < -0.39 is 0 Å². The van der Waals surface area contributed by atoms with Gasteiger partial charge in [-0.15, -0.1) is 10.2 Å². The standard InChI is InChI=1S/C13H14N2S3/c1-2-16-12-14-15-13(18-12)17-10-6-9-11-7-4-3-5-8-11/h3-9H,2,10H2,1H3/b9-6+. The quantitative estimate of drug-likeness (QED) is 0.735. The van der Waals surface area contributed by atoms with Crippen molar-refractivity contribution in [3.63, 3.8) is 0 Å². The van der Waals surface area contributed by atoms with Crippen molar-refractivity contribution in [1.29, 1.82) is 0 Å². The van der Waals surface area contributed by atoms with Crippen LogP contribution in [0.4, 0.5) is 0 Å². The fraction of sp³-hybridized carbons (Fsp3) is 0.231. The minimum Gasteiger partial charge on any atom is -0.131 e. The van der Waals surface area contributed by atoms with Crippen LogP contribution < -0.4 is 0 Å². The van der Waals surface area contributed by atoms with Crippen LogP contribution in [0.15, 0.2) is 45.1 Å². The van der Waals surface area contributed by atoms with Crippen molar-refractivity contribution in [2.45, 2.75) is 15.6 Å². The molecule has 0 amide bonds. The Hall–Kier alpha value is -0.780. The minimum absolute atomic E-state index is 0.931. The van der Waals surface area contributed by atoms with Gasteiger partial charge in [0, 0.05) is 5.75 Å². The maximum absolute atomic E-state index is 4.16. The molecule has 18 heavy (non-hydrogen) atoms. The highest BCUT2D eigenvalue weighted by Gasteiger charge is 2.02. The number of rotatable bonds is 6. The summed E-state index contributed by atoms with van der Waals surface area (Å²) in [5.74, 6) is 1.98. The van der Waals surface area contributed by atoms with E-state index in [1.165, 1.54) is 5.56 Å². The van der Waals surface area contributed by atoms with Crippen molar-refractivity contribution >= 4 is 40.9 Å². The smallest absolute Gasteiger partial charge is 0.131 e. The summed E-state index contributed by atoms with van der Waals surface area (Å²) in [5, 5.41) is 8.29. The highest BCUT2D eigenvalue weighted by Crippen LogP contribution is 2.28. The Morgan fingerprint density at radius 1 is 1.11 bits per heavy atom. The van der Waals surface area contributed by atoms with E-state index in [1.54, 1.807) is 34.9 Å². The molecule has 0 saturated heterocycles. The van der Waals surface area contributed by atoms with E-state index >= 15 is 0 Å². The number of hydrogen-bond acceptors (Lipinski definition) is 5. The second-order valence-electron chi connectivity index (χ2n) is 3.39. The average molecular weight is 294 g/mol. The van der Waals surface area contributed by atoms with Gasteiger partial charge in [0.1, 0.15) is 0 Å². The van der Waals surface area contributed by atoms with E-state index in [-0.39, 0.29) is 0 Å². The SMILES string of the molecule is CCSc1nnc(SC/C=C/c2ccccc2)s1.